The zero-order valence-electron chi connectivity index (χ0n) is 9.96. The predicted octanol–water partition coefficient (Wildman–Crippen LogP) is 3.65. The van der Waals surface area contributed by atoms with E-state index in [1.54, 1.807) is 0 Å². The third-order valence-electron chi connectivity index (χ3n) is 3.08. The summed E-state index contributed by atoms with van der Waals surface area (Å²) in [5.74, 6) is 0.924. The molecule has 88 valence electrons. The summed E-state index contributed by atoms with van der Waals surface area (Å²) in [7, 11) is 0. The second kappa shape index (κ2) is 4.04. The molecule has 3 heteroatoms. The van der Waals surface area contributed by atoms with Gasteiger partial charge in [-0.05, 0) is 17.5 Å². The summed E-state index contributed by atoms with van der Waals surface area (Å²) in [4.78, 5) is 0. The van der Waals surface area contributed by atoms with E-state index in [9.17, 15) is 0 Å². The van der Waals surface area contributed by atoms with Crippen LogP contribution in [-0.2, 0) is 0 Å². The maximum atomic E-state index is 6.19. The van der Waals surface area contributed by atoms with Gasteiger partial charge in [0.1, 0.15) is 11.9 Å². The van der Waals surface area contributed by atoms with Crippen molar-refractivity contribution >= 4 is 15.9 Å². The highest BCUT2D eigenvalue weighted by Crippen LogP contribution is 2.40. The summed E-state index contributed by atoms with van der Waals surface area (Å²) in [5.41, 5.74) is 7.43. The smallest absolute Gasteiger partial charge is 0.125 e. The summed E-state index contributed by atoms with van der Waals surface area (Å²) < 4.78 is 7.07. The lowest BCUT2D eigenvalue weighted by atomic mass is 9.82. The third-order valence-corrected chi connectivity index (χ3v) is 3.57. The molecule has 2 rings (SSSR count). The molecule has 1 aliphatic heterocycles. The van der Waals surface area contributed by atoms with E-state index >= 15 is 0 Å². The average Bonchev–Trinajstić information content (AvgIpc) is 2.15. The molecule has 2 atom stereocenters. The molecule has 16 heavy (non-hydrogen) atoms. The highest BCUT2D eigenvalue weighted by atomic mass is 79.9. The first-order valence-corrected chi connectivity index (χ1v) is 6.39. The Morgan fingerprint density at radius 3 is 2.69 bits per heavy atom. The number of hydrogen-bond acceptors (Lipinski definition) is 2. The summed E-state index contributed by atoms with van der Waals surface area (Å²) in [6.45, 7) is 6.56. The lowest BCUT2D eigenvalue weighted by molar-refractivity contribution is 0.0581. The van der Waals surface area contributed by atoms with Gasteiger partial charge < -0.3 is 10.5 Å². The van der Waals surface area contributed by atoms with Crippen molar-refractivity contribution in [3.05, 3.63) is 28.2 Å². The third kappa shape index (κ3) is 2.25. The minimum atomic E-state index is 0.0843. The van der Waals surface area contributed by atoms with E-state index in [0.717, 1.165) is 22.2 Å². The minimum Gasteiger partial charge on any atom is -0.489 e. The largest absolute Gasteiger partial charge is 0.489 e. The molecule has 1 aromatic rings. The Bertz CT molecular complexity index is 397. The molecule has 0 spiro atoms. The van der Waals surface area contributed by atoms with Crippen LogP contribution in [0.2, 0.25) is 0 Å². The summed E-state index contributed by atoms with van der Waals surface area (Å²) in [6, 6.07) is 6.15. The summed E-state index contributed by atoms with van der Waals surface area (Å²) in [5, 5.41) is 0. The molecule has 0 bridgehead atoms. The fraction of sp³-hybridized carbons (Fsp3) is 0.538. The highest BCUT2D eigenvalue weighted by Gasteiger charge is 2.33. The first-order chi connectivity index (χ1) is 7.38. The van der Waals surface area contributed by atoms with Gasteiger partial charge in [0, 0.05) is 22.5 Å². The Morgan fingerprint density at radius 2 is 2.06 bits per heavy atom. The van der Waals surface area contributed by atoms with E-state index < -0.39 is 0 Å². The zero-order chi connectivity index (χ0) is 11.9. The Morgan fingerprint density at radius 1 is 1.38 bits per heavy atom. The van der Waals surface area contributed by atoms with Crippen LogP contribution in [0.25, 0.3) is 0 Å². The molecular formula is C13H18BrNO. The SMILES string of the molecule is CC(C)(C)C1CC(N)c2ccc(Br)cc2O1. The lowest BCUT2D eigenvalue weighted by Gasteiger charge is -2.38. The molecule has 0 aliphatic carbocycles. The van der Waals surface area contributed by atoms with Gasteiger partial charge in [-0.25, -0.2) is 0 Å². The lowest BCUT2D eigenvalue weighted by Crippen LogP contribution is -2.38. The van der Waals surface area contributed by atoms with Crippen molar-refractivity contribution < 1.29 is 4.74 Å². The molecule has 0 saturated heterocycles. The van der Waals surface area contributed by atoms with Gasteiger partial charge in [-0.2, -0.15) is 0 Å². The topological polar surface area (TPSA) is 35.2 Å². The van der Waals surface area contributed by atoms with Crippen molar-refractivity contribution in [2.45, 2.75) is 39.3 Å². The normalized spacial score (nSPS) is 24.8. The first kappa shape index (κ1) is 11.9. The molecule has 2 N–H and O–H groups in total. The van der Waals surface area contributed by atoms with Gasteiger partial charge in [-0.15, -0.1) is 0 Å². The number of ether oxygens (including phenoxy) is 1. The number of hydrogen-bond donors (Lipinski definition) is 1. The van der Waals surface area contributed by atoms with Crippen molar-refractivity contribution in [1.82, 2.24) is 0 Å². The van der Waals surface area contributed by atoms with Crippen LogP contribution < -0.4 is 10.5 Å². The van der Waals surface area contributed by atoms with Crippen molar-refractivity contribution in [2.75, 3.05) is 0 Å². The summed E-state index contributed by atoms with van der Waals surface area (Å²) >= 11 is 3.46. The quantitative estimate of drug-likeness (QED) is 0.789. The van der Waals surface area contributed by atoms with Crippen LogP contribution in [0, 0.1) is 5.41 Å². The van der Waals surface area contributed by atoms with Crippen molar-refractivity contribution in [3.8, 4) is 5.75 Å². The maximum Gasteiger partial charge on any atom is 0.125 e. The molecule has 1 heterocycles. The summed E-state index contributed by atoms with van der Waals surface area (Å²) in [6.07, 6.45) is 1.07. The van der Waals surface area contributed by atoms with Crippen molar-refractivity contribution in [2.24, 2.45) is 11.1 Å². The molecule has 0 saturated carbocycles. The fourth-order valence-electron chi connectivity index (χ4n) is 2.01. The molecule has 2 unspecified atom stereocenters. The molecule has 0 radical (unpaired) electrons. The van der Waals surface area contributed by atoms with Gasteiger partial charge in [-0.3, -0.25) is 0 Å². The van der Waals surface area contributed by atoms with Crippen molar-refractivity contribution in [1.29, 1.82) is 0 Å². The molecule has 0 amide bonds. The van der Waals surface area contributed by atoms with Crippen LogP contribution in [0.15, 0.2) is 22.7 Å². The number of fused-ring (bicyclic) bond motifs is 1. The van der Waals surface area contributed by atoms with E-state index in [4.69, 9.17) is 10.5 Å². The van der Waals surface area contributed by atoms with Crippen LogP contribution in [0.5, 0.6) is 5.75 Å². The van der Waals surface area contributed by atoms with Crippen LogP contribution in [0.1, 0.15) is 38.8 Å². The van der Waals surface area contributed by atoms with Gasteiger partial charge >= 0.3 is 0 Å². The van der Waals surface area contributed by atoms with E-state index in [-0.39, 0.29) is 17.6 Å². The Labute approximate surface area is 105 Å². The van der Waals surface area contributed by atoms with Crippen LogP contribution in [-0.4, -0.2) is 6.10 Å². The zero-order valence-corrected chi connectivity index (χ0v) is 11.5. The molecule has 0 fully saturated rings. The van der Waals surface area contributed by atoms with Crippen LogP contribution >= 0.6 is 15.9 Å². The number of rotatable bonds is 0. The maximum absolute atomic E-state index is 6.19. The van der Waals surface area contributed by atoms with Crippen molar-refractivity contribution in [3.63, 3.8) is 0 Å². The van der Waals surface area contributed by atoms with Gasteiger partial charge in [0.2, 0.25) is 0 Å². The number of nitrogens with two attached hydrogens (primary N) is 1. The first-order valence-electron chi connectivity index (χ1n) is 5.59. The standard InChI is InChI=1S/C13H18BrNO/c1-13(2,3)12-7-10(15)9-5-4-8(14)6-11(9)16-12/h4-6,10,12H,7,15H2,1-3H3. The Balaban J connectivity index is 2.35. The second-order valence-electron chi connectivity index (χ2n) is 5.50. The second-order valence-corrected chi connectivity index (χ2v) is 6.41. The molecule has 0 aromatic heterocycles. The van der Waals surface area contributed by atoms with E-state index in [2.05, 4.69) is 36.7 Å². The monoisotopic (exact) mass is 283 g/mol. The van der Waals surface area contributed by atoms with Crippen LogP contribution in [0.4, 0.5) is 0 Å². The Kier molecular flexibility index (Phi) is 3.01. The molecule has 1 aliphatic rings. The fourth-order valence-corrected chi connectivity index (χ4v) is 2.35. The number of benzene rings is 1. The van der Waals surface area contributed by atoms with Gasteiger partial charge in [0.25, 0.3) is 0 Å². The van der Waals surface area contributed by atoms with E-state index in [0.29, 0.717) is 0 Å². The molecular weight excluding hydrogens is 266 g/mol. The van der Waals surface area contributed by atoms with E-state index in [1.165, 1.54) is 0 Å². The number of halogens is 1. The highest BCUT2D eigenvalue weighted by molar-refractivity contribution is 9.10. The van der Waals surface area contributed by atoms with E-state index in [1.807, 2.05) is 18.2 Å². The minimum absolute atomic E-state index is 0.0843. The van der Waals surface area contributed by atoms with Gasteiger partial charge in [0.05, 0.1) is 0 Å². The van der Waals surface area contributed by atoms with Gasteiger partial charge in [0.15, 0.2) is 0 Å². The molecule has 2 nitrogen and oxygen atoms in total. The Hall–Kier alpha value is -0.540. The van der Waals surface area contributed by atoms with Gasteiger partial charge in [-0.1, -0.05) is 42.8 Å². The predicted molar refractivity (Wildman–Crippen MR) is 69.6 cm³/mol. The molecule has 1 aromatic carbocycles. The van der Waals surface area contributed by atoms with Crippen LogP contribution in [0.3, 0.4) is 0 Å². The average molecular weight is 284 g/mol.